The Balaban J connectivity index is 0. The molecule has 0 aromatic heterocycles. The predicted octanol–water partition coefficient (Wildman–Crippen LogP) is 5.47. The molecule has 0 aromatic carbocycles. The molecule has 164 valence electrons. The minimum Gasteiger partial charge on any atom is -0.542 e. The lowest BCUT2D eigenvalue weighted by Gasteiger charge is -2.35. The van der Waals surface area contributed by atoms with Crippen molar-refractivity contribution in [3.63, 3.8) is 0 Å². The largest absolute Gasteiger partial charge is 0.542 e. The summed E-state index contributed by atoms with van der Waals surface area (Å²) in [6, 6.07) is 0. The Kier molecular flexibility index (Phi) is 18.2. The van der Waals surface area contributed by atoms with Crippen LogP contribution in [0.3, 0.4) is 0 Å². The van der Waals surface area contributed by atoms with E-state index in [0.717, 1.165) is 0 Å². The third-order valence-corrected chi connectivity index (χ3v) is 4.89. The summed E-state index contributed by atoms with van der Waals surface area (Å²) in [5, 5.41) is 8.78. The first-order chi connectivity index (χ1) is 12.6. The van der Waals surface area contributed by atoms with E-state index < -0.39 is 12.1 Å². The highest BCUT2D eigenvalue weighted by Gasteiger charge is 2.28. The van der Waals surface area contributed by atoms with Gasteiger partial charge in [-0.05, 0) is 38.5 Å². The van der Waals surface area contributed by atoms with Crippen molar-refractivity contribution < 1.29 is 27.6 Å². The maximum Gasteiger partial charge on any atom is 0.430 e. The van der Waals surface area contributed by atoms with Gasteiger partial charge in [-0.25, -0.2) is 0 Å². The molecule has 0 saturated heterocycles. The van der Waals surface area contributed by atoms with E-state index in [1.54, 1.807) is 0 Å². The first-order valence-electron chi connectivity index (χ1n) is 10.7. The van der Waals surface area contributed by atoms with Gasteiger partial charge in [-0.2, -0.15) is 13.2 Å². The molecule has 0 unspecified atom stereocenters. The van der Waals surface area contributed by atoms with E-state index in [4.69, 9.17) is 9.90 Å². The number of hydrogen-bond acceptors (Lipinski definition) is 2. The molecule has 0 atom stereocenters. The van der Waals surface area contributed by atoms with Crippen LogP contribution in [-0.2, 0) is 4.79 Å². The quantitative estimate of drug-likeness (QED) is 0.271. The topological polar surface area (TPSA) is 40.1 Å². The summed E-state index contributed by atoms with van der Waals surface area (Å²) < 4.78 is 32.9. The second-order valence-electron chi connectivity index (χ2n) is 7.76. The Morgan fingerprint density at radius 1 is 0.704 bits per heavy atom. The molecule has 6 heteroatoms. The number of carbonyl (C=O) groups is 1. The summed E-state index contributed by atoms with van der Waals surface area (Å²) in [5.41, 5.74) is 0. The summed E-state index contributed by atoms with van der Waals surface area (Å²) in [6.07, 6.45) is 11.8. The van der Waals surface area contributed by atoms with Crippen LogP contribution in [0.2, 0.25) is 0 Å². The first kappa shape index (κ1) is 28.4. The lowest BCUT2D eigenvalue weighted by molar-refractivity contribution is -0.910. The molecule has 0 aliphatic rings. The number of carbonyl (C=O) groups excluding carboxylic acids is 1. The number of quaternary nitrogens is 1. The van der Waals surface area contributed by atoms with Crippen LogP contribution in [0.25, 0.3) is 0 Å². The number of unbranched alkanes of at least 4 members (excludes halogenated alkanes) is 9. The summed E-state index contributed by atoms with van der Waals surface area (Å²) in [7, 11) is 2.52. The van der Waals surface area contributed by atoms with Gasteiger partial charge in [0.2, 0.25) is 0 Å². The lowest BCUT2D eigenvalue weighted by atomic mass is 10.1. The summed E-state index contributed by atoms with van der Waals surface area (Å²) in [4.78, 5) is 8.78. The van der Waals surface area contributed by atoms with Crippen LogP contribution in [0.4, 0.5) is 13.2 Å². The molecule has 0 N–H and O–H groups in total. The van der Waals surface area contributed by atoms with Crippen molar-refractivity contribution in [1.82, 2.24) is 0 Å². The van der Waals surface area contributed by atoms with Crippen molar-refractivity contribution in [1.29, 1.82) is 0 Å². The highest BCUT2D eigenvalue weighted by Crippen LogP contribution is 2.14. The summed E-state index contributed by atoms with van der Waals surface area (Å²) >= 11 is 0. The summed E-state index contributed by atoms with van der Waals surface area (Å²) in [5.74, 6) is -3.01. The number of nitrogens with zero attached hydrogens (tertiary/aromatic N) is 1. The molecule has 0 saturated carbocycles. The molecular weight excluding hydrogens is 355 g/mol. The molecule has 0 bridgehead atoms. The van der Waals surface area contributed by atoms with Crippen molar-refractivity contribution in [3.8, 4) is 0 Å². The van der Waals surface area contributed by atoms with Crippen molar-refractivity contribution in [2.24, 2.45) is 0 Å². The number of rotatable bonds is 15. The highest BCUT2D eigenvalue weighted by atomic mass is 19.4. The van der Waals surface area contributed by atoms with Gasteiger partial charge in [0.25, 0.3) is 0 Å². The van der Waals surface area contributed by atoms with E-state index in [0.29, 0.717) is 0 Å². The third kappa shape index (κ3) is 19.8. The maximum absolute atomic E-state index is 10.5. The standard InChI is InChI=1S/C19H42N.C2HF3O2/c1-5-8-11-14-17-20(4,18-15-12-9-6-2)19-16-13-10-7-3;3-2(4,5)1(6)7/h5-19H2,1-4H3;(H,6,7)/q+1;/p-1. The molecule has 0 aliphatic heterocycles. The third-order valence-electron chi connectivity index (χ3n) is 4.89. The molecule has 3 nitrogen and oxygen atoms in total. The Morgan fingerprint density at radius 3 is 1.15 bits per heavy atom. The lowest BCUT2D eigenvalue weighted by Crippen LogP contribution is -2.46. The Bertz CT molecular complexity index is 316. The van der Waals surface area contributed by atoms with Crippen LogP contribution < -0.4 is 5.11 Å². The number of carboxylic acid groups (broad SMARTS) is 1. The van der Waals surface area contributed by atoms with Gasteiger partial charge in [0.1, 0.15) is 5.97 Å². The van der Waals surface area contributed by atoms with Gasteiger partial charge in [0, 0.05) is 0 Å². The van der Waals surface area contributed by atoms with Crippen molar-refractivity contribution in [2.75, 3.05) is 26.7 Å². The van der Waals surface area contributed by atoms with E-state index in [1.165, 1.54) is 101 Å². The van der Waals surface area contributed by atoms with Crippen LogP contribution in [0.5, 0.6) is 0 Å². The molecule has 0 rings (SSSR count). The maximum atomic E-state index is 10.5. The first-order valence-corrected chi connectivity index (χ1v) is 10.7. The molecule has 0 aromatic rings. The number of carboxylic acids is 1. The molecule has 0 heterocycles. The monoisotopic (exact) mass is 397 g/mol. The zero-order valence-corrected chi connectivity index (χ0v) is 18.0. The van der Waals surface area contributed by atoms with E-state index >= 15 is 0 Å². The van der Waals surface area contributed by atoms with Gasteiger partial charge in [0.05, 0.1) is 26.7 Å². The highest BCUT2D eigenvalue weighted by molar-refractivity contribution is 5.70. The second-order valence-corrected chi connectivity index (χ2v) is 7.76. The molecule has 27 heavy (non-hydrogen) atoms. The van der Waals surface area contributed by atoms with Gasteiger partial charge < -0.3 is 14.4 Å². The number of halogens is 3. The Hall–Kier alpha value is -0.780. The Labute approximate surface area is 164 Å². The molecule has 0 aliphatic carbocycles. The molecule has 0 amide bonds. The molecule has 0 radical (unpaired) electrons. The zero-order chi connectivity index (χ0) is 21.2. The summed E-state index contributed by atoms with van der Waals surface area (Å²) in [6.45, 7) is 11.2. The molecular formula is C21H42F3NO2. The predicted molar refractivity (Wildman–Crippen MR) is 104 cm³/mol. The van der Waals surface area contributed by atoms with E-state index in [1.807, 2.05) is 0 Å². The minimum atomic E-state index is -5.19. The van der Waals surface area contributed by atoms with Crippen molar-refractivity contribution in [3.05, 3.63) is 0 Å². The fourth-order valence-electron chi connectivity index (χ4n) is 3.10. The fourth-order valence-corrected chi connectivity index (χ4v) is 3.10. The zero-order valence-electron chi connectivity index (χ0n) is 18.0. The van der Waals surface area contributed by atoms with Gasteiger partial charge in [-0.15, -0.1) is 0 Å². The smallest absolute Gasteiger partial charge is 0.430 e. The van der Waals surface area contributed by atoms with E-state index in [9.17, 15) is 13.2 Å². The number of aliphatic carboxylic acids is 1. The van der Waals surface area contributed by atoms with Gasteiger partial charge in [0.15, 0.2) is 0 Å². The van der Waals surface area contributed by atoms with Crippen LogP contribution in [0, 0.1) is 0 Å². The number of alkyl halides is 3. The Morgan fingerprint density at radius 2 is 0.963 bits per heavy atom. The van der Waals surface area contributed by atoms with Crippen LogP contribution >= 0.6 is 0 Å². The normalized spacial score (nSPS) is 11.8. The van der Waals surface area contributed by atoms with Crippen molar-refractivity contribution >= 4 is 5.97 Å². The van der Waals surface area contributed by atoms with Crippen molar-refractivity contribution in [2.45, 2.75) is 104 Å². The number of hydrogen-bond donors (Lipinski definition) is 0. The van der Waals surface area contributed by atoms with Crippen LogP contribution in [-0.4, -0.2) is 43.3 Å². The average molecular weight is 398 g/mol. The van der Waals surface area contributed by atoms with Crippen LogP contribution in [0.1, 0.15) is 97.8 Å². The average Bonchev–Trinajstić information content (AvgIpc) is 2.59. The van der Waals surface area contributed by atoms with E-state index in [2.05, 4.69) is 27.8 Å². The SMILES string of the molecule is CCCCCC[N+](C)(CCCCCC)CCCCCC.O=C([O-])C(F)(F)F. The van der Waals surface area contributed by atoms with Gasteiger partial charge in [-0.1, -0.05) is 59.3 Å². The second kappa shape index (κ2) is 17.3. The molecule has 0 fully saturated rings. The van der Waals surface area contributed by atoms with Crippen LogP contribution in [0.15, 0.2) is 0 Å². The molecule has 0 spiro atoms. The fraction of sp³-hybridized carbons (Fsp3) is 0.952. The van der Waals surface area contributed by atoms with Gasteiger partial charge >= 0.3 is 6.18 Å². The van der Waals surface area contributed by atoms with Gasteiger partial charge in [-0.3, -0.25) is 0 Å². The minimum absolute atomic E-state index is 1.34. The van der Waals surface area contributed by atoms with E-state index in [-0.39, 0.29) is 0 Å².